The zero-order valence-electron chi connectivity index (χ0n) is 10.8. The second-order valence-electron chi connectivity index (χ2n) is 4.34. The average Bonchev–Trinajstić information content (AvgIpc) is 2.66. The van der Waals surface area contributed by atoms with Crippen LogP contribution in [0.15, 0.2) is 36.4 Å². The molecule has 0 saturated heterocycles. The predicted molar refractivity (Wildman–Crippen MR) is 73.0 cm³/mol. The molecule has 1 aromatic carbocycles. The van der Waals surface area contributed by atoms with Gasteiger partial charge in [0.15, 0.2) is 5.78 Å². The normalized spacial score (nSPS) is 11.6. The van der Waals surface area contributed by atoms with Gasteiger partial charge < -0.3 is 0 Å². The summed E-state index contributed by atoms with van der Waals surface area (Å²) < 4.78 is 1.70. The summed E-state index contributed by atoms with van der Waals surface area (Å²) in [5.41, 5.74) is 3.46. The van der Waals surface area contributed by atoms with Crippen LogP contribution >= 0.6 is 0 Å². The number of hydrogen-bond acceptors (Lipinski definition) is 2. The number of allylic oxidation sites excluding steroid dienone is 1. The van der Waals surface area contributed by atoms with Gasteiger partial charge in [-0.1, -0.05) is 30.3 Å². The zero-order valence-corrected chi connectivity index (χ0v) is 10.8. The summed E-state index contributed by atoms with van der Waals surface area (Å²) in [5.74, 6) is 0.00468. The lowest BCUT2D eigenvalue weighted by molar-refractivity contribution is -0.112. The Bertz CT molecular complexity index is 594. The lowest BCUT2D eigenvalue weighted by Crippen LogP contribution is -2.08. The summed E-state index contributed by atoms with van der Waals surface area (Å²) in [5, 5.41) is 4.36. The van der Waals surface area contributed by atoms with E-state index >= 15 is 0 Å². The second kappa shape index (κ2) is 5.00. The fourth-order valence-corrected chi connectivity index (χ4v) is 1.89. The van der Waals surface area contributed by atoms with Crippen LogP contribution in [0.3, 0.4) is 0 Å². The van der Waals surface area contributed by atoms with Crippen molar-refractivity contribution in [3.05, 3.63) is 53.3 Å². The molecule has 2 aromatic rings. The van der Waals surface area contributed by atoms with Crippen molar-refractivity contribution in [3.8, 4) is 0 Å². The van der Waals surface area contributed by atoms with Gasteiger partial charge in [-0.15, -0.1) is 0 Å². The second-order valence-corrected chi connectivity index (χ2v) is 4.34. The van der Waals surface area contributed by atoms with Crippen LogP contribution in [-0.2, 0) is 4.79 Å². The third-order valence-electron chi connectivity index (χ3n) is 2.70. The maximum atomic E-state index is 11.8. The van der Waals surface area contributed by atoms with E-state index in [2.05, 4.69) is 5.10 Å². The number of Topliss-reactive ketones (excluding diaryl/α,β-unsaturated/α-hetero) is 1. The molecule has 0 bridgehead atoms. The maximum Gasteiger partial charge on any atom is 0.178 e. The lowest BCUT2D eigenvalue weighted by atomic mass is 10.1. The molecule has 0 atom stereocenters. The van der Waals surface area contributed by atoms with E-state index in [0.717, 1.165) is 17.0 Å². The number of ketones is 1. The number of aryl methyl sites for hydroxylation is 2. The van der Waals surface area contributed by atoms with E-state index in [1.165, 1.54) is 0 Å². The molecule has 0 saturated carbocycles. The van der Waals surface area contributed by atoms with Crippen molar-refractivity contribution in [2.24, 2.45) is 0 Å². The largest absolute Gasteiger partial charge is 0.293 e. The number of rotatable bonds is 3. The van der Waals surface area contributed by atoms with Crippen molar-refractivity contribution in [1.82, 2.24) is 9.78 Å². The van der Waals surface area contributed by atoms with Gasteiger partial charge in [0.05, 0.1) is 5.69 Å². The van der Waals surface area contributed by atoms with Crippen LogP contribution in [-0.4, -0.2) is 15.6 Å². The highest BCUT2D eigenvalue weighted by Crippen LogP contribution is 2.15. The third kappa shape index (κ3) is 2.56. The summed E-state index contributed by atoms with van der Waals surface area (Å²) in [6.45, 7) is 5.43. The van der Waals surface area contributed by atoms with Crippen LogP contribution in [0.25, 0.3) is 11.8 Å². The van der Waals surface area contributed by atoms with Gasteiger partial charge >= 0.3 is 0 Å². The Morgan fingerprint density at radius 2 is 1.89 bits per heavy atom. The average molecular weight is 240 g/mol. The molecule has 0 aliphatic carbocycles. The van der Waals surface area contributed by atoms with Gasteiger partial charge in [-0.2, -0.15) is 5.10 Å². The number of carbonyl (C=O) groups excluding carboxylic acids is 1. The maximum absolute atomic E-state index is 11.8. The Morgan fingerprint density at radius 1 is 1.22 bits per heavy atom. The van der Waals surface area contributed by atoms with E-state index in [9.17, 15) is 4.79 Å². The highest BCUT2D eigenvalue weighted by Gasteiger charge is 2.11. The Morgan fingerprint density at radius 3 is 2.39 bits per heavy atom. The molecule has 0 unspecified atom stereocenters. The molecule has 0 spiro atoms. The first-order chi connectivity index (χ1) is 8.58. The number of hydrogen-bond donors (Lipinski definition) is 0. The van der Waals surface area contributed by atoms with E-state index < -0.39 is 0 Å². The summed E-state index contributed by atoms with van der Waals surface area (Å²) >= 11 is 0. The van der Waals surface area contributed by atoms with Crippen LogP contribution < -0.4 is 0 Å². The van der Waals surface area contributed by atoms with Crippen LogP contribution in [0.4, 0.5) is 0 Å². The number of benzene rings is 1. The van der Waals surface area contributed by atoms with Crippen molar-refractivity contribution < 1.29 is 4.79 Å². The van der Waals surface area contributed by atoms with Crippen LogP contribution in [0.2, 0.25) is 0 Å². The highest BCUT2D eigenvalue weighted by molar-refractivity contribution is 6.18. The summed E-state index contributed by atoms with van der Waals surface area (Å²) in [6, 6.07) is 11.7. The van der Waals surface area contributed by atoms with Crippen molar-refractivity contribution in [1.29, 1.82) is 0 Å². The minimum atomic E-state index is 0.00468. The first kappa shape index (κ1) is 12.3. The molecule has 3 heteroatoms. The van der Waals surface area contributed by atoms with E-state index in [4.69, 9.17) is 0 Å². The molecule has 0 aliphatic heterocycles. The van der Waals surface area contributed by atoms with Crippen molar-refractivity contribution in [2.45, 2.75) is 20.8 Å². The molecule has 0 fully saturated rings. The monoisotopic (exact) mass is 240 g/mol. The minimum Gasteiger partial charge on any atom is -0.293 e. The smallest absolute Gasteiger partial charge is 0.178 e. The van der Waals surface area contributed by atoms with E-state index in [1.807, 2.05) is 56.3 Å². The topological polar surface area (TPSA) is 34.9 Å². The van der Waals surface area contributed by atoms with E-state index in [1.54, 1.807) is 11.6 Å². The van der Waals surface area contributed by atoms with Gasteiger partial charge in [0.1, 0.15) is 5.70 Å². The van der Waals surface area contributed by atoms with Gasteiger partial charge in [0.2, 0.25) is 0 Å². The van der Waals surface area contributed by atoms with Crippen LogP contribution in [0.1, 0.15) is 23.9 Å². The molecule has 18 heavy (non-hydrogen) atoms. The molecule has 1 aromatic heterocycles. The number of carbonyl (C=O) groups is 1. The molecule has 0 radical (unpaired) electrons. The van der Waals surface area contributed by atoms with Gasteiger partial charge in [-0.3, -0.25) is 4.79 Å². The van der Waals surface area contributed by atoms with Gasteiger partial charge in [0, 0.05) is 12.6 Å². The summed E-state index contributed by atoms with van der Waals surface area (Å²) in [6.07, 6.45) is 1.86. The Hall–Kier alpha value is -2.16. The zero-order chi connectivity index (χ0) is 13.1. The Balaban J connectivity index is 2.51. The van der Waals surface area contributed by atoms with Gasteiger partial charge in [-0.25, -0.2) is 4.68 Å². The van der Waals surface area contributed by atoms with Crippen molar-refractivity contribution in [2.75, 3.05) is 0 Å². The number of aromatic nitrogens is 2. The fraction of sp³-hybridized carbons (Fsp3) is 0.200. The molecule has 92 valence electrons. The minimum absolute atomic E-state index is 0.00468. The van der Waals surface area contributed by atoms with Gasteiger partial charge in [0.25, 0.3) is 0 Å². The molecule has 2 rings (SSSR count). The van der Waals surface area contributed by atoms with Crippen molar-refractivity contribution in [3.63, 3.8) is 0 Å². The highest BCUT2D eigenvalue weighted by atomic mass is 16.1. The molecule has 3 nitrogen and oxygen atoms in total. The molecule has 0 N–H and O–H groups in total. The molecule has 1 heterocycles. The third-order valence-corrected chi connectivity index (χ3v) is 2.70. The Kier molecular flexibility index (Phi) is 3.42. The summed E-state index contributed by atoms with van der Waals surface area (Å²) in [7, 11) is 0. The first-order valence-electron chi connectivity index (χ1n) is 5.89. The van der Waals surface area contributed by atoms with Gasteiger partial charge in [-0.05, 0) is 31.6 Å². The molecule has 0 amide bonds. The lowest BCUT2D eigenvalue weighted by Gasteiger charge is -2.06. The van der Waals surface area contributed by atoms with Crippen molar-refractivity contribution >= 4 is 17.6 Å². The standard InChI is InChI=1S/C15H16N2O/c1-11-9-12(2)17(16-11)15(13(3)18)10-14-7-5-4-6-8-14/h4-10H,1-3H3/b15-10-. The first-order valence-corrected chi connectivity index (χ1v) is 5.89. The SMILES string of the molecule is CC(=O)/C(=C/c1ccccc1)n1nc(C)cc1C. The van der Waals surface area contributed by atoms with E-state index in [-0.39, 0.29) is 5.78 Å². The summed E-state index contributed by atoms with van der Waals surface area (Å²) in [4.78, 5) is 11.8. The molecular weight excluding hydrogens is 224 g/mol. The predicted octanol–water partition coefficient (Wildman–Crippen LogP) is 3.09. The van der Waals surface area contributed by atoms with E-state index in [0.29, 0.717) is 5.70 Å². The van der Waals surface area contributed by atoms with Crippen LogP contribution in [0.5, 0.6) is 0 Å². The fourth-order valence-electron chi connectivity index (χ4n) is 1.89. The number of nitrogens with zero attached hydrogens (tertiary/aromatic N) is 2. The quantitative estimate of drug-likeness (QED) is 0.773. The Labute approximate surface area is 107 Å². The molecular formula is C15H16N2O. The van der Waals surface area contributed by atoms with Crippen LogP contribution in [0, 0.1) is 13.8 Å². The molecule has 0 aliphatic rings.